The Balaban J connectivity index is 0.989. The zero-order valence-corrected chi connectivity index (χ0v) is 36.8. The molecule has 0 radical (unpaired) electrons. The fraction of sp³-hybridized carbons (Fsp3) is 0.739. The van der Waals surface area contributed by atoms with Gasteiger partial charge in [0.2, 0.25) is 17.7 Å². The molecule has 61 heavy (non-hydrogen) atoms. The van der Waals surface area contributed by atoms with Crippen LogP contribution in [0, 0.1) is 28.6 Å². The zero-order valence-electron chi connectivity index (χ0n) is 36.8. The minimum Gasteiger partial charge on any atom is -0.393 e. The lowest BCUT2D eigenvalue weighted by molar-refractivity contribution is -0.201. The number of allylic oxidation sites excluding steroid dienone is 5. The Morgan fingerprint density at radius 2 is 1.87 bits per heavy atom. The minimum absolute atomic E-state index is 0.0232. The molecule has 2 unspecified atom stereocenters. The number of aldehydes is 1. The molecule has 13 atom stereocenters. The molecule has 15 nitrogen and oxygen atoms in total. The molecule has 5 aliphatic carbocycles. The second-order valence-corrected chi connectivity index (χ2v) is 18.9. The van der Waals surface area contributed by atoms with Crippen LogP contribution in [0.25, 0.3) is 0 Å². The maximum absolute atomic E-state index is 14.5. The van der Waals surface area contributed by atoms with E-state index < -0.39 is 70.3 Å². The van der Waals surface area contributed by atoms with Gasteiger partial charge >= 0.3 is 0 Å². The number of hydrogen-bond donors (Lipinski definition) is 5. The van der Waals surface area contributed by atoms with Crippen LogP contribution < -0.4 is 21.3 Å². The van der Waals surface area contributed by atoms with E-state index in [1.165, 1.54) is 13.8 Å². The smallest absolute Gasteiger partial charge is 0.246 e. The molecular formula is C46H68N4O11. The monoisotopic (exact) mass is 852 g/mol. The van der Waals surface area contributed by atoms with Crippen LogP contribution in [-0.2, 0) is 47.7 Å². The number of carbonyl (C=O) groups excluding carboxylic acids is 6. The topological polar surface area (TPSA) is 208 Å². The molecule has 15 heteroatoms. The summed E-state index contributed by atoms with van der Waals surface area (Å²) in [6, 6.07) is -1.76. The molecule has 1 aliphatic heterocycles. The summed E-state index contributed by atoms with van der Waals surface area (Å²) >= 11 is 0. The van der Waals surface area contributed by atoms with Crippen LogP contribution >= 0.6 is 0 Å². The number of aliphatic hydroxyl groups excluding tert-OH is 1. The number of nitrogens with one attached hydrogen (secondary N) is 4. The normalized spacial score (nSPS) is 36.5. The molecule has 338 valence electrons. The average Bonchev–Trinajstić information content (AvgIpc) is 3.69. The highest BCUT2D eigenvalue weighted by molar-refractivity contribution is 6.01. The second kappa shape index (κ2) is 19.4. The lowest BCUT2D eigenvalue weighted by Gasteiger charge is -2.59. The number of amides is 3. The first kappa shape index (κ1) is 46.9. The van der Waals surface area contributed by atoms with Crippen molar-refractivity contribution in [3.05, 3.63) is 36.0 Å². The number of ether oxygens (including phenoxy) is 4. The molecule has 6 aliphatic rings. The molecule has 0 aromatic carbocycles. The van der Waals surface area contributed by atoms with Gasteiger partial charge in [-0.15, -0.1) is 0 Å². The van der Waals surface area contributed by atoms with Gasteiger partial charge in [0, 0.05) is 23.3 Å². The van der Waals surface area contributed by atoms with Crippen LogP contribution in [0.3, 0.4) is 0 Å². The first-order chi connectivity index (χ1) is 29.0. The maximum Gasteiger partial charge on any atom is 0.246 e. The predicted molar refractivity (Wildman–Crippen MR) is 224 cm³/mol. The predicted octanol–water partition coefficient (Wildman–Crippen LogP) is 3.28. The van der Waals surface area contributed by atoms with Gasteiger partial charge in [-0.05, 0) is 96.1 Å². The highest BCUT2D eigenvalue weighted by Crippen LogP contribution is 2.69. The summed E-state index contributed by atoms with van der Waals surface area (Å²) in [5, 5.41) is 22.9. The summed E-state index contributed by atoms with van der Waals surface area (Å²) in [6.07, 6.45) is 16.9. The molecule has 1 saturated heterocycles. The van der Waals surface area contributed by atoms with E-state index in [1.807, 2.05) is 19.1 Å². The van der Waals surface area contributed by atoms with E-state index in [9.17, 15) is 33.9 Å². The first-order valence-corrected chi connectivity index (χ1v) is 22.4. The van der Waals surface area contributed by atoms with Crippen LogP contribution in [0.2, 0.25) is 0 Å². The van der Waals surface area contributed by atoms with Crippen molar-refractivity contribution >= 4 is 35.6 Å². The second-order valence-electron chi connectivity index (χ2n) is 18.9. The lowest BCUT2D eigenvalue weighted by Crippen LogP contribution is -2.63. The molecule has 0 aromatic rings. The van der Waals surface area contributed by atoms with E-state index in [2.05, 4.69) is 41.2 Å². The summed E-state index contributed by atoms with van der Waals surface area (Å²) in [4.78, 5) is 77.5. The summed E-state index contributed by atoms with van der Waals surface area (Å²) in [6.45, 7) is 9.89. The standard InChI is InChI=1S/C46H68N4O11/c1-7-13-39-60-37-21-34-33-17-16-30-20-31(52)18-19-44(30,5)40(33)35(53)22-45(34,6)46(37,61-39)36(54)23-58-27-48-41(56)28(2)47-25-43(4,26-51)50-42(57)29(3)49-38(55)24-59-32-14-11-9-8-10-12-15-32/h11,14,18-20,26,28-29,32-35,37,39-40,47,53H,7-10,12-13,15-17,21-25,27H2,1-6H3,(H,48,56)(H,49,55)(H,50,57)/b14-11-/t28-,29-,32?,33-,34-,35-,37+,39?,40+,43-,44-,45-,46+/m0/s1. The summed E-state index contributed by atoms with van der Waals surface area (Å²) in [5.41, 5.74) is -2.89. The number of rotatable bonds is 18. The van der Waals surface area contributed by atoms with Crippen molar-refractivity contribution < 1.29 is 52.8 Å². The Labute approximate surface area is 359 Å². The average molecular weight is 853 g/mol. The summed E-state index contributed by atoms with van der Waals surface area (Å²) in [5.74, 6) is -1.81. The van der Waals surface area contributed by atoms with E-state index in [1.54, 1.807) is 19.1 Å². The van der Waals surface area contributed by atoms with Gasteiger partial charge in [-0.1, -0.05) is 63.8 Å². The third kappa shape index (κ3) is 9.67. The van der Waals surface area contributed by atoms with E-state index in [0.717, 1.165) is 56.9 Å². The van der Waals surface area contributed by atoms with Gasteiger partial charge in [0.15, 0.2) is 23.5 Å². The lowest BCUT2D eigenvalue weighted by atomic mass is 9.46. The molecule has 0 bridgehead atoms. The Morgan fingerprint density at radius 3 is 2.62 bits per heavy atom. The zero-order chi connectivity index (χ0) is 44.2. The minimum atomic E-state index is -1.40. The molecule has 6 rings (SSSR count). The Morgan fingerprint density at radius 1 is 1.08 bits per heavy atom. The number of hydrogen-bond acceptors (Lipinski definition) is 12. The van der Waals surface area contributed by atoms with Crippen molar-refractivity contribution in [3.8, 4) is 0 Å². The SMILES string of the molecule is CCCC1O[C@@H]2C[C@H]3[C@@H]4CCC5=CC(=O)C=C[C@]5(C)[C@H]4[C@@H](O)C[C@]3(C)[C@]2(C(=O)COCNC(=O)[C@H](C)NC[C@@](C)(C=O)NC(=O)[C@H](C)NC(=O)COC2/C=C\CCCCC2)O1. The van der Waals surface area contributed by atoms with Crippen LogP contribution in [0.5, 0.6) is 0 Å². The molecule has 5 N–H and O–H groups in total. The van der Waals surface area contributed by atoms with Crippen molar-refractivity contribution in [2.24, 2.45) is 28.6 Å². The van der Waals surface area contributed by atoms with Gasteiger partial charge in [-0.3, -0.25) is 24.0 Å². The van der Waals surface area contributed by atoms with E-state index in [-0.39, 0.29) is 61.9 Å². The maximum atomic E-state index is 14.5. The van der Waals surface area contributed by atoms with Crippen molar-refractivity contribution in [2.45, 2.75) is 160 Å². The van der Waals surface area contributed by atoms with Gasteiger partial charge in [-0.25, -0.2) is 0 Å². The van der Waals surface area contributed by atoms with Crippen LogP contribution in [0.1, 0.15) is 112 Å². The Bertz CT molecular complexity index is 1770. The molecule has 4 fully saturated rings. The van der Waals surface area contributed by atoms with Gasteiger partial charge in [0.25, 0.3) is 0 Å². The van der Waals surface area contributed by atoms with Crippen LogP contribution in [0.4, 0.5) is 0 Å². The van der Waals surface area contributed by atoms with E-state index >= 15 is 0 Å². The Hall–Kier alpha value is -3.60. The fourth-order valence-corrected chi connectivity index (χ4v) is 11.3. The molecule has 3 saturated carbocycles. The van der Waals surface area contributed by atoms with Crippen molar-refractivity contribution in [1.82, 2.24) is 21.3 Å². The van der Waals surface area contributed by atoms with Gasteiger partial charge in [0.05, 0.1) is 24.4 Å². The van der Waals surface area contributed by atoms with Gasteiger partial charge in [-0.2, -0.15) is 0 Å². The van der Waals surface area contributed by atoms with Crippen molar-refractivity contribution in [2.75, 3.05) is 26.5 Å². The third-order valence-corrected chi connectivity index (χ3v) is 14.6. The highest BCUT2D eigenvalue weighted by atomic mass is 16.7. The third-order valence-electron chi connectivity index (χ3n) is 14.6. The van der Waals surface area contributed by atoms with Crippen LogP contribution in [-0.4, -0.2) is 115 Å². The van der Waals surface area contributed by atoms with Crippen molar-refractivity contribution in [1.29, 1.82) is 0 Å². The summed E-state index contributed by atoms with van der Waals surface area (Å²) < 4.78 is 24.7. The molecule has 3 amide bonds. The molecule has 0 spiro atoms. The highest BCUT2D eigenvalue weighted by Gasteiger charge is 2.75. The first-order valence-electron chi connectivity index (χ1n) is 22.4. The van der Waals surface area contributed by atoms with E-state index in [0.29, 0.717) is 25.5 Å². The number of aliphatic hydroxyl groups is 1. The number of carbonyl (C=O) groups is 6. The quantitative estimate of drug-likeness (QED) is 0.0583. The molecule has 0 aromatic heterocycles. The number of Topliss-reactive ketones (excluding diaryl/α,β-unsaturated/α-hetero) is 1. The molecule has 1 heterocycles. The Kier molecular flexibility index (Phi) is 14.9. The number of fused-ring (bicyclic) bond motifs is 7. The van der Waals surface area contributed by atoms with Crippen molar-refractivity contribution in [3.63, 3.8) is 0 Å². The largest absolute Gasteiger partial charge is 0.393 e. The van der Waals surface area contributed by atoms with E-state index in [4.69, 9.17) is 18.9 Å². The van der Waals surface area contributed by atoms with Gasteiger partial charge < -0.3 is 50.1 Å². The molecular weight excluding hydrogens is 785 g/mol. The fourth-order valence-electron chi connectivity index (χ4n) is 11.3. The van der Waals surface area contributed by atoms with Crippen LogP contribution in [0.15, 0.2) is 36.0 Å². The van der Waals surface area contributed by atoms with Gasteiger partial charge in [0.1, 0.15) is 37.8 Å². The summed E-state index contributed by atoms with van der Waals surface area (Å²) in [7, 11) is 0. The number of ketones is 2.